The number of rotatable bonds is 4. The molecule has 0 aliphatic carbocycles. The van der Waals surface area contributed by atoms with Crippen molar-refractivity contribution in [3.63, 3.8) is 0 Å². The van der Waals surface area contributed by atoms with Gasteiger partial charge in [0.25, 0.3) is 0 Å². The molecule has 0 amide bonds. The van der Waals surface area contributed by atoms with Gasteiger partial charge in [-0.1, -0.05) is 28.1 Å². The highest BCUT2D eigenvalue weighted by molar-refractivity contribution is 9.10. The summed E-state index contributed by atoms with van der Waals surface area (Å²) < 4.78 is 0.998. The van der Waals surface area contributed by atoms with Gasteiger partial charge in [0.2, 0.25) is 5.95 Å². The van der Waals surface area contributed by atoms with Crippen molar-refractivity contribution in [3.05, 3.63) is 64.3 Å². The normalized spacial score (nSPS) is 10.4. The van der Waals surface area contributed by atoms with Crippen LogP contribution in [0, 0.1) is 13.8 Å². The SMILES string of the molecule is Cc1ccc(Nc2nncc(Nc3cccc(Br)c3)n2)cc1C. The van der Waals surface area contributed by atoms with Crippen LogP contribution in [0.4, 0.5) is 23.1 Å². The Kier molecular flexibility index (Phi) is 4.52. The van der Waals surface area contributed by atoms with Crippen LogP contribution in [-0.2, 0) is 0 Å². The zero-order valence-electron chi connectivity index (χ0n) is 12.8. The van der Waals surface area contributed by atoms with Crippen molar-refractivity contribution in [1.82, 2.24) is 15.2 Å². The summed E-state index contributed by atoms with van der Waals surface area (Å²) in [5.74, 6) is 1.08. The molecule has 0 aliphatic rings. The molecule has 0 radical (unpaired) electrons. The molecule has 0 saturated carbocycles. The molecule has 1 heterocycles. The first-order valence-electron chi connectivity index (χ1n) is 7.17. The second-order valence-corrected chi connectivity index (χ2v) is 6.14. The molecule has 0 fully saturated rings. The summed E-state index contributed by atoms with van der Waals surface area (Å²) in [5.41, 5.74) is 4.33. The Bertz CT molecular complexity index is 835. The first-order chi connectivity index (χ1) is 11.1. The lowest BCUT2D eigenvalue weighted by molar-refractivity contribution is 0.982. The van der Waals surface area contributed by atoms with Crippen LogP contribution in [-0.4, -0.2) is 15.2 Å². The largest absolute Gasteiger partial charge is 0.339 e. The van der Waals surface area contributed by atoms with Crippen molar-refractivity contribution in [2.45, 2.75) is 13.8 Å². The van der Waals surface area contributed by atoms with E-state index in [4.69, 9.17) is 0 Å². The molecule has 2 aromatic carbocycles. The zero-order valence-corrected chi connectivity index (χ0v) is 14.4. The highest BCUT2D eigenvalue weighted by Crippen LogP contribution is 2.21. The zero-order chi connectivity index (χ0) is 16.2. The Balaban J connectivity index is 1.78. The third-order valence-corrected chi connectivity index (χ3v) is 3.91. The number of anilines is 4. The van der Waals surface area contributed by atoms with Crippen LogP contribution in [0.2, 0.25) is 0 Å². The van der Waals surface area contributed by atoms with Crippen molar-refractivity contribution in [1.29, 1.82) is 0 Å². The Morgan fingerprint density at radius 3 is 2.52 bits per heavy atom. The molecule has 0 bridgehead atoms. The van der Waals surface area contributed by atoms with Gasteiger partial charge in [0, 0.05) is 15.8 Å². The summed E-state index contributed by atoms with van der Waals surface area (Å²) in [6.45, 7) is 4.16. The molecular weight excluding hydrogens is 354 g/mol. The third-order valence-electron chi connectivity index (χ3n) is 3.42. The molecule has 0 unspecified atom stereocenters. The van der Waals surface area contributed by atoms with E-state index in [1.165, 1.54) is 11.1 Å². The molecule has 0 aliphatic heterocycles. The number of nitrogens with one attached hydrogen (secondary N) is 2. The second-order valence-electron chi connectivity index (χ2n) is 5.22. The van der Waals surface area contributed by atoms with E-state index in [9.17, 15) is 0 Å². The number of nitrogens with zero attached hydrogens (tertiary/aromatic N) is 3. The molecule has 116 valence electrons. The van der Waals surface area contributed by atoms with E-state index in [0.29, 0.717) is 11.8 Å². The summed E-state index contributed by atoms with van der Waals surface area (Å²) in [7, 11) is 0. The number of aromatic nitrogens is 3. The molecule has 0 spiro atoms. The summed E-state index contributed by atoms with van der Waals surface area (Å²) >= 11 is 3.45. The molecule has 0 saturated heterocycles. The van der Waals surface area contributed by atoms with Crippen molar-refractivity contribution in [2.75, 3.05) is 10.6 Å². The predicted molar refractivity (Wildman–Crippen MR) is 96.5 cm³/mol. The van der Waals surface area contributed by atoms with Gasteiger partial charge in [0.05, 0.1) is 6.20 Å². The third kappa shape index (κ3) is 4.04. The standard InChI is InChI=1S/C17H16BrN5/c1-11-6-7-15(8-12(11)2)21-17-22-16(10-19-23-17)20-14-5-3-4-13(18)9-14/h3-10H,1-2H3,(H2,20,21,22,23). The molecule has 23 heavy (non-hydrogen) atoms. The second kappa shape index (κ2) is 6.75. The van der Waals surface area contributed by atoms with Crippen LogP contribution in [0.25, 0.3) is 0 Å². The van der Waals surface area contributed by atoms with E-state index in [1.807, 2.05) is 30.3 Å². The topological polar surface area (TPSA) is 62.7 Å². The van der Waals surface area contributed by atoms with E-state index in [2.05, 4.69) is 67.7 Å². The molecule has 0 atom stereocenters. The lowest BCUT2D eigenvalue weighted by atomic mass is 10.1. The lowest BCUT2D eigenvalue weighted by Crippen LogP contribution is -2.02. The smallest absolute Gasteiger partial charge is 0.249 e. The van der Waals surface area contributed by atoms with Crippen molar-refractivity contribution in [3.8, 4) is 0 Å². The number of halogens is 1. The van der Waals surface area contributed by atoms with E-state index in [-0.39, 0.29) is 0 Å². The van der Waals surface area contributed by atoms with Gasteiger partial charge in [-0.15, -0.1) is 5.10 Å². The van der Waals surface area contributed by atoms with Gasteiger partial charge < -0.3 is 10.6 Å². The average molecular weight is 370 g/mol. The fraction of sp³-hybridized carbons (Fsp3) is 0.118. The first kappa shape index (κ1) is 15.4. The summed E-state index contributed by atoms with van der Waals surface area (Å²) in [6, 6.07) is 14.0. The van der Waals surface area contributed by atoms with Crippen LogP contribution in [0.15, 0.2) is 53.1 Å². The van der Waals surface area contributed by atoms with Crippen LogP contribution >= 0.6 is 15.9 Å². The Labute approximate surface area is 143 Å². The Hall–Kier alpha value is -2.47. The first-order valence-corrected chi connectivity index (χ1v) is 7.96. The van der Waals surface area contributed by atoms with Crippen molar-refractivity contribution >= 4 is 39.1 Å². The molecular formula is C17H16BrN5. The fourth-order valence-corrected chi connectivity index (χ4v) is 2.48. The van der Waals surface area contributed by atoms with E-state index >= 15 is 0 Å². The number of hydrogen-bond donors (Lipinski definition) is 2. The fourth-order valence-electron chi connectivity index (χ4n) is 2.08. The van der Waals surface area contributed by atoms with Gasteiger partial charge in [-0.05, 0) is 55.3 Å². The highest BCUT2D eigenvalue weighted by atomic mass is 79.9. The van der Waals surface area contributed by atoms with E-state index < -0.39 is 0 Å². The van der Waals surface area contributed by atoms with E-state index in [0.717, 1.165) is 15.8 Å². The minimum atomic E-state index is 0.452. The molecule has 5 nitrogen and oxygen atoms in total. The van der Waals surface area contributed by atoms with Gasteiger partial charge in [0.15, 0.2) is 5.82 Å². The number of benzene rings is 2. The van der Waals surface area contributed by atoms with Crippen LogP contribution in [0.5, 0.6) is 0 Å². The van der Waals surface area contributed by atoms with Crippen LogP contribution < -0.4 is 10.6 Å². The van der Waals surface area contributed by atoms with Crippen LogP contribution in [0.3, 0.4) is 0 Å². The van der Waals surface area contributed by atoms with Gasteiger partial charge >= 0.3 is 0 Å². The lowest BCUT2D eigenvalue weighted by Gasteiger charge is -2.09. The van der Waals surface area contributed by atoms with Gasteiger partial charge in [-0.3, -0.25) is 0 Å². The number of hydrogen-bond acceptors (Lipinski definition) is 5. The predicted octanol–water partition coefficient (Wildman–Crippen LogP) is 4.74. The summed E-state index contributed by atoms with van der Waals surface area (Å²) in [6.07, 6.45) is 1.59. The molecule has 2 N–H and O–H groups in total. The van der Waals surface area contributed by atoms with Gasteiger partial charge in [-0.2, -0.15) is 10.1 Å². The monoisotopic (exact) mass is 369 g/mol. The average Bonchev–Trinajstić information content (AvgIpc) is 2.51. The maximum Gasteiger partial charge on any atom is 0.249 e. The van der Waals surface area contributed by atoms with Crippen molar-refractivity contribution in [2.24, 2.45) is 0 Å². The molecule has 3 aromatic rings. The molecule has 6 heteroatoms. The van der Waals surface area contributed by atoms with E-state index in [1.54, 1.807) is 6.20 Å². The maximum absolute atomic E-state index is 4.43. The van der Waals surface area contributed by atoms with Gasteiger partial charge in [-0.25, -0.2) is 0 Å². The quantitative estimate of drug-likeness (QED) is 0.695. The summed E-state index contributed by atoms with van der Waals surface area (Å²) in [5, 5.41) is 14.4. The van der Waals surface area contributed by atoms with Gasteiger partial charge in [0.1, 0.15) is 0 Å². The Morgan fingerprint density at radius 1 is 0.913 bits per heavy atom. The minimum absolute atomic E-state index is 0.452. The molecule has 3 rings (SSSR count). The molecule has 1 aromatic heterocycles. The number of aryl methyl sites for hydroxylation is 2. The highest BCUT2D eigenvalue weighted by Gasteiger charge is 2.03. The maximum atomic E-state index is 4.43. The summed E-state index contributed by atoms with van der Waals surface area (Å²) in [4.78, 5) is 4.43. The minimum Gasteiger partial charge on any atom is -0.339 e. The van der Waals surface area contributed by atoms with Crippen LogP contribution in [0.1, 0.15) is 11.1 Å². The Morgan fingerprint density at radius 2 is 1.74 bits per heavy atom. The van der Waals surface area contributed by atoms with Crippen molar-refractivity contribution < 1.29 is 0 Å².